The van der Waals surface area contributed by atoms with Crippen molar-refractivity contribution in [1.29, 1.82) is 0 Å². The molecular weight excluding hydrogens is 287 g/mol. The summed E-state index contributed by atoms with van der Waals surface area (Å²) in [6.45, 7) is -1.16. The Labute approximate surface area is 110 Å². The molecule has 0 atom stereocenters. The van der Waals surface area contributed by atoms with E-state index >= 15 is 0 Å². The zero-order chi connectivity index (χ0) is 15.3. The molecule has 0 radical (unpaired) electrons. The second-order valence-electron chi connectivity index (χ2n) is 3.63. The zero-order valence-electron chi connectivity index (χ0n) is 9.82. The molecule has 0 amide bonds. The lowest BCUT2D eigenvalue weighted by atomic mass is 10.1. The van der Waals surface area contributed by atoms with E-state index in [9.17, 15) is 26.7 Å². The Morgan fingerprint density at radius 3 is 2.50 bits per heavy atom. The molecule has 20 heavy (non-hydrogen) atoms. The summed E-state index contributed by atoms with van der Waals surface area (Å²) in [5.41, 5.74) is -1.28. The molecule has 8 heteroatoms. The van der Waals surface area contributed by atoms with Crippen LogP contribution in [0.5, 0.6) is 5.75 Å². The molecule has 0 aliphatic heterocycles. The molecule has 0 aromatic heterocycles. The van der Waals surface area contributed by atoms with Crippen LogP contribution >= 0.6 is 0 Å². The molecule has 0 aliphatic carbocycles. The predicted octanol–water partition coefficient (Wildman–Crippen LogP) is 3.45. The van der Waals surface area contributed by atoms with Gasteiger partial charge in [0.25, 0.3) is 6.43 Å². The minimum Gasteiger partial charge on any atom is -0.487 e. The standard InChI is InChI=1S/C12H9F5O3/c13-10(14)6-20-9-3-1-7(2-4-11(18)19)5-8(9)12(15,16)17/h1-5,10H,6H2,(H,18,19). The minimum absolute atomic E-state index is 0.0379. The van der Waals surface area contributed by atoms with Crippen LogP contribution in [0.2, 0.25) is 0 Å². The molecule has 1 aromatic rings. The third kappa shape index (κ3) is 4.87. The summed E-state index contributed by atoms with van der Waals surface area (Å²) in [5, 5.41) is 8.39. The van der Waals surface area contributed by atoms with E-state index in [1.54, 1.807) is 0 Å². The molecule has 0 spiro atoms. The maximum Gasteiger partial charge on any atom is 0.419 e. The van der Waals surface area contributed by atoms with Gasteiger partial charge in [0, 0.05) is 6.08 Å². The first-order chi connectivity index (χ1) is 9.20. The summed E-state index contributed by atoms with van der Waals surface area (Å²) < 4.78 is 66.5. The smallest absolute Gasteiger partial charge is 0.419 e. The van der Waals surface area contributed by atoms with E-state index in [0.717, 1.165) is 18.2 Å². The molecule has 0 saturated heterocycles. The number of hydrogen-bond donors (Lipinski definition) is 1. The van der Waals surface area contributed by atoms with Gasteiger partial charge in [-0.05, 0) is 23.8 Å². The number of ether oxygens (including phenoxy) is 1. The van der Waals surface area contributed by atoms with Crippen molar-refractivity contribution in [3.8, 4) is 5.75 Å². The molecule has 0 unspecified atom stereocenters. The average molecular weight is 296 g/mol. The number of halogens is 5. The van der Waals surface area contributed by atoms with Crippen LogP contribution in [0.3, 0.4) is 0 Å². The van der Waals surface area contributed by atoms with Crippen LogP contribution < -0.4 is 4.74 Å². The van der Waals surface area contributed by atoms with Gasteiger partial charge in [0.1, 0.15) is 12.4 Å². The van der Waals surface area contributed by atoms with Crippen LogP contribution in [0, 0.1) is 0 Å². The maximum atomic E-state index is 12.7. The van der Waals surface area contributed by atoms with Crippen LogP contribution in [-0.4, -0.2) is 24.1 Å². The van der Waals surface area contributed by atoms with Crippen molar-refractivity contribution in [2.24, 2.45) is 0 Å². The van der Waals surface area contributed by atoms with E-state index in [-0.39, 0.29) is 5.56 Å². The summed E-state index contributed by atoms with van der Waals surface area (Å²) in [6.07, 6.45) is -6.09. The number of rotatable bonds is 5. The Bertz CT molecular complexity index is 508. The number of carbonyl (C=O) groups is 1. The topological polar surface area (TPSA) is 46.5 Å². The van der Waals surface area contributed by atoms with Gasteiger partial charge in [-0.3, -0.25) is 0 Å². The lowest BCUT2D eigenvalue weighted by molar-refractivity contribution is -0.139. The summed E-state index contributed by atoms with van der Waals surface area (Å²) >= 11 is 0. The summed E-state index contributed by atoms with van der Waals surface area (Å²) in [7, 11) is 0. The van der Waals surface area contributed by atoms with Crippen molar-refractivity contribution in [1.82, 2.24) is 0 Å². The molecule has 1 N–H and O–H groups in total. The lowest BCUT2D eigenvalue weighted by Crippen LogP contribution is -2.13. The number of carboxylic acid groups (broad SMARTS) is 1. The highest BCUT2D eigenvalue weighted by atomic mass is 19.4. The maximum absolute atomic E-state index is 12.7. The zero-order valence-corrected chi connectivity index (χ0v) is 9.82. The highest BCUT2D eigenvalue weighted by Gasteiger charge is 2.34. The van der Waals surface area contributed by atoms with Crippen molar-refractivity contribution in [3.05, 3.63) is 35.4 Å². The minimum atomic E-state index is -4.80. The van der Waals surface area contributed by atoms with Crippen molar-refractivity contribution in [2.75, 3.05) is 6.61 Å². The van der Waals surface area contributed by atoms with E-state index in [1.807, 2.05) is 0 Å². The largest absolute Gasteiger partial charge is 0.487 e. The van der Waals surface area contributed by atoms with Gasteiger partial charge in [0.2, 0.25) is 0 Å². The summed E-state index contributed by atoms with van der Waals surface area (Å²) in [4.78, 5) is 10.3. The second-order valence-corrected chi connectivity index (χ2v) is 3.63. The first-order valence-corrected chi connectivity index (χ1v) is 5.23. The van der Waals surface area contributed by atoms with Crippen LogP contribution in [-0.2, 0) is 11.0 Å². The Hall–Kier alpha value is -2.12. The molecule has 0 bridgehead atoms. The fourth-order valence-corrected chi connectivity index (χ4v) is 1.32. The number of aliphatic carboxylic acids is 1. The Balaban J connectivity index is 3.10. The molecule has 3 nitrogen and oxygen atoms in total. The summed E-state index contributed by atoms with van der Waals surface area (Å²) in [6, 6.07) is 2.63. The quantitative estimate of drug-likeness (QED) is 0.668. The number of alkyl halides is 5. The van der Waals surface area contributed by atoms with Gasteiger partial charge in [0.15, 0.2) is 0 Å². The first kappa shape index (κ1) is 15.9. The lowest BCUT2D eigenvalue weighted by Gasteiger charge is -2.14. The molecule has 0 aliphatic rings. The molecule has 1 aromatic carbocycles. The molecule has 0 fully saturated rings. The Morgan fingerprint density at radius 1 is 1.35 bits per heavy atom. The van der Waals surface area contributed by atoms with Crippen molar-refractivity contribution in [2.45, 2.75) is 12.6 Å². The summed E-state index contributed by atoms with van der Waals surface area (Å²) in [5.74, 6) is -2.05. The van der Waals surface area contributed by atoms with E-state index in [4.69, 9.17) is 5.11 Å². The van der Waals surface area contributed by atoms with Gasteiger partial charge in [-0.25, -0.2) is 13.6 Å². The second kappa shape index (κ2) is 6.36. The van der Waals surface area contributed by atoms with E-state index in [0.29, 0.717) is 12.1 Å². The van der Waals surface area contributed by atoms with Crippen LogP contribution in [0.15, 0.2) is 24.3 Å². The van der Waals surface area contributed by atoms with E-state index < -0.39 is 36.5 Å². The van der Waals surface area contributed by atoms with Gasteiger partial charge >= 0.3 is 12.1 Å². The SMILES string of the molecule is O=C(O)C=Cc1ccc(OCC(F)F)c(C(F)(F)F)c1. The number of hydrogen-bond acceptors (Lipinski definition) is 2. The molecule has 1 rings (SSSR count). The van der Waals surface area contributed by atoms with Crippen LogP contribution in [0.4, 0.5) is 22.0 Å². The van der Waals surface area contributed by atoms with Crippen LogP contribution in [0.1, 0.15) is 11.1 Å². The van der Waals surface area contributed by atoms with Gasteiger partial charge in [-0.2, -0.15) is 13.2 Å². The van der Waals surface area contributed by atoms with Gasteiger partial charge < -0.3 is 9.84 Å². The fourth-order valence-electron chi connectivity index (χ4n) is 1.32. The monoisotopic (exact) mass is 296 g/mol. The average Bonchev–Trinajstić information content (AvgIpc) is 2.33. The third-order valence-corrected chi connectivity index (χ3v) is 2.09. The first-order valence-electron chi connectivity index (χ1n) is 5.23. The highest BCUT2D eigenvalue weighted by molar-refractivity contribution is 5.85. The van der Waals surface area contributed by atoms with Crippen LogP contribution in [0.25, 0.3) is 6.08 Å². The Morgan fingerprint density at radius 2 is 2.00 bits per heavy atom. The molecule has 0 saturated carbocycles. The van der Waals surface area contributed by atoms with E-state index in [2.05, 4.69) is 4.74 Å². The number of carboxylic acids is 1. The van der Waals surface area contributed by atoms with Gasteiger partial charge in [-0.15, -0.1) is 0 Å². The van der Waals surface area contributed by atoms with E-state index in [1.165, 1.54) is 0 Å². The molecule has 0 heterocycles. The fraction of sp³-hybridized carbons (Fsp3) is 0.250. The van der Waals surface area contributed by atoms with Crippen molar-refractivity contribution < 1.29 is 36.6 Å². The highest BCUT2D eigenvalue weighted by Crippen LogP contribution is 2.37. The van der Waals surface area contributed by atoms with Gasteiger partial charge in [0.05, 0.1) is 5.56 Å². The number of benzene rings is 1. The van der Waals surface area contributed by atoms with Crippen molar-refractivity contribution in [3.63, 3.8) is 0 Å². The predicted molar refractivity (Wildman–Crippen MR) is 59.6 cm³/mol. The Kier molecular flexibility index (Phi) is 5.06. The van der Waals surface area contributed by atoms with Gasteiger partial charge in [-0.1, -0.05) is 6.07 Å². The normalized spacial score (nSPS) is 12.1. The molecular formula is C12H9F5O3. The third-order valence-electron chi connectivity index (χ3n) is 2.09. The van der Waals surface area contributed by atoms with Crippen molar-refractivity contribution >= 4 is 12.0 Å². The molecule has 110 valence electrons.